The smallest absolute Gasteiger partial charge is 0.306 e. The van der Waals surface area contributed by atoms with Crippen molar-refractivity contribution in [1.82, 2.24) is 0 Å². The lowest BCUT2D eigenvalue weighted by Crippen LogP contribution is -2.30. The second-order valence-corrected chi connectivity index (χ2v) is 17.2. The van der Waals surface area contributed by atoms with Gasteiger partial charge in [-0.1, -0.05) is 241 Å². The van der Waals surface area contributed by atoms with E-state index in [1.807, 2.05) is 54.7 Å². The summed E-state index contributed by atoms with van der Waals surface area (Å²) in [6.07, 6.45) is 63.3. The molecular formula is C56H96O6. The maximum atomic E-state index is 12.7. The Bertz CT molecular complexity index is 1180. The second-order valence-electron chi connectivity index (χ2n) is 17.2. The highest BCUT2D eigenvalue weighted by Crippen LogP contribution is 2.15. The lowest BCUT2D eigenvalue weighted by atomic mass is 10.0. The molecule has 0 rings (SSSR count). The molecule has 0 aromatic rings. The average molecular weight is 865 g/mol. The van der Waals surface area contributed by atoms with E-state index in [0.717, 1.165) is 57.8 Å². The highest BCUT2D eigenvalue weighted by atomic mass is 16.6. The second kappa shape index (κ2) is 50.5. The normalized spacial score (nSPS) is 12.6. The summed E-state index contributed by atoms with van der Waals surface area (Å²) in [5.74, 6) is -0.985. The number of ether oxygens (including phenoxy) is 3. The monoisotopic (exact) mass is 865 g/mol. The predicted octanol–water partition coefficient (Wildman–Crippen LogP) is 17.0. The number of unbranched alkanes of at least 4 members (excludes halogenated alkanes) is 27. The molecule has 0 aliphatic heterocycles. The first-order valence-electron chi connectivity index (χ1n) is 26.0. The number of carbonyl (C=O) groups excluding carboxylic acids is 3. The van der Waals surface area contributed by atoms with Gasteiger partial charge in [0.15, 0.2) is 6.10 Å². The Labute approximate surface area is 382 Å². The van der Waals surface area contributed by atoms with Gasteiger partial charge in [-0.25, -0.2) is 0 Å². The Balaban J connectivity index is 4.44. The SMILES string of the molecule is CC/C=C/C=C/C=C/C=C/C=C/CCCC(=O)OC(COC(=O)CCCCCCC/C=C/CCCCCCCCCCC)COC(=O)CCCCCCCCCCCCCCC. The predicted molar refractivity (Wildman–Crippen MR) is 265 cm³/mol. The topological polar surface area (TPSA) is 78.9 Å². The molecule has 6 heteroatoms. The molecule has 0 amide bonds. The molecule has 0 bridgehead atoms. The number of hydrogen-bond acceptors (Lipinski definition) is 6. The number of allylic oxidation sites excluding steroid dienone is 12. The van der Waals surface area contributed by atoms with Crippen molar-refractivity contribution in [3.63, 3.8) is 0 Å². The Morgan fingerprint density at radius 2 is 0.661 bits per heavy atom. The van der Waals surface area contributed by atoms with E-state index in [0.29, 0.717) is 19.3 Å². The summed E-state index contributed by atoms with van der Waals surface area (Å²) in [7, 11) is 0. The van der Waals surface area contributed by atoms with Crippen LogP contribution in [0.4, 0.5) is 0 Å². The third kappa shape index (κ3) is 47.9. The quantitative estimate of drug-likeness (QED) is 0.0199. The average Bonchev–Trinajstić information content (AvgIpc) is 3.27. The molecule has 0 spiro atoms. The Hall–Kier alpha value is -3.15. The summed E-state index contributed by atoms with van der Waals surface area (Å²) in [4.78, 5) is 37.9. The van der Waals surface area contributed by atoms with Gasteiger partial charge in [0.1, 0.15) is 13.2 Å². The van der Waals surface area contributed by atoms with Gasteiger partial charge in [0.2, 0.25) is 0 Å². The van der Waals surface area contributed by atoms with Gasteiger partial charge in [-0.2, -0.15) is 0 Å². The molecule has 6 nitrogen and oxygen atoms in total. The van der Waals surface area contributed by atoms with E-state index in [9.17, 15) is 14.4 Å². The molecule has 62 heavy (non-hydrogen) atoms. The molecule has 0 saturated carbocycles. The van der Waals surface area contributed by atoms with Crippen LogP contribution < -0.4 is 0 Å². The Morgan fingerprint density at radius 3 is 1.06 bits per heavy atom. The fraction of sp³-hybridized carbons (Fsp3) is 0.732. The van der Waals surface area contributed by atoms with Crippen molar-refractivity contribution in [3.05, 3.63) is 72.9 Å². The molecule has 356 valence electrons. The van der Waals surface area contributed by atoms with E-state index >= 15 is 0 Å². The standard InChI is InChI=1S/C56H96O6/c1-4-7-10-13-16-19-22-25-26-27-28-29-32-34-37-40-43-46-49-55(58)61-52-53(62-56(59)50-47-44-41-38-35-31-24-21-18-15-12-9-6-3)51-60-54(57)48-45-42-39-36-33-30-23-20-17-14-11-8-5-2/h9,12,15,18,21,24,28-29,31,35,38,41,53H,4-8,10-11,13-14,16-17,19-20,22-23,25-27,30,32-34,36-37,39-40,42-52H2,1-3H3/b12-9+,18-15+,24-21+,29-28+,35-31+,41-38+. The minimum absolute atomic E-state index is 0.105. The van der Waals surface area contributed by atoms with E-state index in [1.54, 1.807) is 0 Å². The molecule has 0 aromatic carbocycles. The maximum Gasteiger partial charge on any atom is 0.306 e. The van der Waals surface area contributed by atoms with Gasteiger partial charge < -0.3 is 14.2 Å². The first kappa shape index (κ1) is 58.9. The van der Waals surface area contributed by atoms with Gasteiger partial charge in [0.05, 0.1) is 0 Å². The van der Waals surface area contributed by atoms with Crippen LogP contribution in [0, 0.1) is 0 Å². The lowest BCUT2D eigenvalue weighted by molar-refractivity contribution is -0.167. The van der Waals surface area contributed by atoms with Crippen molar-refractivity contribution in [1.29, 1.82) is 0 Å². The van der Waals surface area contributed by atoms with Crippen molar-refractivity contribution in [2.75, 3.05) is 13.2 Å². The summed E-state index contributed by atoms with van der Waals surface area (Å²) < 4.78 is 16.7. The third-order valence-electron chi connectivity index (χ3n) is 11.1. The largest absolute Gasteiger partial charge is 0.462 e. The molecule has 0 aliphatic carbocycles. The fourth-order valence-corrected chi connectivity index (χ4v) is 7.17. The number of esters is 3. The summed E-state index contributed by atoms with van der Waals surface area (Å²) in [5, 5.41) is 0. The first-order chi connectivity index (χ1) is 30.5. The van der Waals surface area contributed by atoms with E-state index in [-0.39, 0.29) is 37.5 Å². The number of carbonyl (C=O) groups is 3. The molecule has 0 saturated heterocycles. The minimum atomic E-state index is -0.813. The zero-order valence-corrected chi connectivity index (χ0v) is 40.6. The van der Waals surface area contributed by atoms with E-state index in [1.165, 1.54) is 141 Å². The highest BCUT2D eigenvalue weighted by molar-refractivity contribution is 5.71. The van der Waals surface area contributed by atoms with Crippen LogP contribution in [0.2, 0.25) is 0 Å². The van der Waals surface area contributed by atoms with Crippen molar-refractivity contribution >= 4 is 17.9 Å². The maximum absolute atomic E-state index is 12.7. The van der Waals surface area contributed by atoms with Crippen LogP contribution in [0.25, 0.3) is 0 Å². The molecule has 0 aliphatic rings. The molecule has 0 fully saturated rings. The summed E-state index contributed by atoms with van der Waals surface area (Å²) in [5.41, 5.74) is 0. The van der Waals surface area contributed by atoms with Gasteiger partial charge in [0, 0.05) is 19.3 Å². The molecule has 0 radical (unpaired) electrons. The van der Waals surface area contributed by atoms with E-state index in [4.69, 9.17) is 14.2 Å². The molecule has 0 aromatic heterocycles. The highest BCUT2D eigenvalue weighted by Gasteiger charge is 2.19. The van der Waals surface area contributed by atoms with Crippen LogP contribution in [0.3, 0.4) is 0 Å². The zero-order valence-electron chi connectivity index (χ0n) is 40.6. The Kier molecular flexibility index (Phi) is 47.9. The first-order valence-corrected chi connectivity index (χ1v) is 26.0. The lowest BCUT2D eigenvalue weighted by Gasteiger charge is -2.18. The third-order valence-corrected chi connectivity index (χ3v) is 11.1. The van der Waals surface area contributed by atoms with Crippen molar-refractivity contribution in [2.45, 2.75) is 252 Å². The van der Waals surface area contributed by atoms with E-state index < -0.39 is 6.10 Å². The van der Waals surface area contributed by atoms with Gasteiger partial charge in [0.25, 0.3) is 0 Å². The van der Waals surface area contributed by atoms with Crippen molar-refractivity contribution in [2.24, 2.45) is 0 Å². The molecule has 0 N–H and O–H groups in total. The van der Waals surface area contributed by atoms with Gasteiger partial charge in [-0.05, 0) is 57.8 Å². The summed E-state index contributed by atoms with van der Waals surface area (Å²) in [6, 6.07) is 0. The van der Waals surface area contributed by atoms with Crippen LogP contribution in [-0.2, 0) is 28.6 Å². The van der Waals surface area contributed by atoms with Gasteiger partial charge >= 0.3 is 17.9 Å². The summed E-state index contributed by atoms with van der Waals surface area (Å²) >= 11 is 0. The van der Waals surface area contributed by atoms with E-state index in [2.05, 4.69) is 39.0 Å². The molecule has 0 heterocycles. The zero-order chi connectivity index (χ0) is 45.1. The van der Waals surface area contributed by atoms with Crippen LogP contribution in [0.5, 0.6) is 0 Å². The van der Waals surface area contributed by atoms with Crippen molar-refractivity contribution < 1.29 is 28.6 Å². The van der Waals surface area contributed by atoms with Crippen LogP contribution in [0.1, 0.15) is 245 Å². The Morgan fingerprint density at radius 1 is 0.339 bits per heavy atom. The van der Waals surface area contributed by atoms with Gasteiger partial charge in [-0.3, -0.25) is 14.4 Å². The van der Waals surface area contributed by atoms with Crippen LogP contribution >= 0.6 is 0 Å². The fourth-order valence-electron chi connectivity index (χ4n) is 7.17. The number of hydrogen-bond donors (Lipinski definition) is 0. The number of rotatable bonds is 46. The molecule has 1 unspecified atom stereocenters. The molecule has 1 atom stereocenters. The summed E-state index contributed by atoms with van der Waals surface area (Å²) in [6.45, 7) is 6.43. The molecular weight excluding hydrogens is 769 g/mol. The van der Waals surface area contributed by atoms with Crippen molar-refractivity contribution in [3.8, 4) is 0 Å². The van der Waals surface area contributed by atoms with Crippen LogP contribution in [0.15, 0.2) is 72.9 Å². The van der Waals surface area contributed by atoms with Crippen LogP contribution in [-0.4, -0.2) is 37.2 Å². The minimum Gasteiger partial charge on any atom is -0.462 e. The van der Waals surface area contributed by atoms with Gasteiger partial charge in [-0.15, -0.1) is 0 Å².